The van der Waals surface area contributed by atoms with Gasteiger partial charge in [0.1, 0.15) is 5.82 Å². The highest BCUT2D eigenvalue weighted by Gasteiger charge is 2.11. The molecule has 2 aromatic rings. The summed E-state index contributed by atoms with van der Waals surface area (Å²) in [6.07, 6.45) is 1.55. The van der Waals surface area contributed by atoms with Crippen molar-refractivity contribution < 1.29 is 4.79 Å². The SMILES string of the molecule is Nc1[nH]ncc1CNC(=O)c1ccc(Cl)cc1Cl. The molecule has 0 aliphatic heterocycles. The molecule has 7 heteroatoms. The Balaban J connectivity index is 2.06. The first-order valence-corrected chi connectivity index (χ1v) is 5.84. The lowest BCUT2D eigenvalue weighted by atomic mass is 10.2. The first kappa shape index (κ1) is 12.7. The van der Waals surface area contributed by atoms with Crippen molar-refractivity contribution in [2.45, 2.75) is 6.54 Å². The Hall–Kier alpha value is -1.72. The predicted molar refractivity (Wildman–Crippen MR) is 70.6 cm³/mol. The van der Waals surface area contributed by atoms with E-state index in [9.17, 15) is 4.79 Å². The van der Waals surface area contributed by atoms with Crippen LogP contribution in [0.1, 0.15) is 15.9 Å². The fourth-order valence-electron chi connectivity index (χ4n) is 1.41. The minimum atomic E-state index is -0.294. The standard InChI is InChI=1S/C11H10Cl2N4O/c12-7-1-2-8(9(13)3-7)11(18)15-4-6-5-16-17-10(6)14/h1-3,5H,4H2,(H,15,18)(H3,14,16,17). The van der Waals surface area contributed by atoms with E-state index in [1.165, 1.54) is 6.07 Å². The third kappa shape index (κ3) is 2.75. The second-order valence-corrected chi connectivity index (χ2v) is 4.46. The Morgan fingerprint density at radius 3 is 2.83 bits per heavy atom. The smallest absolute Gasteiger partial charge is 0.253 e. The summed E-state index contributed by atoms with van der Waals surface area (Å²) >= 11 is 11.7. The zero-order valence-electron chi connectivity index (χ0n) is 9.21. The van der Waals surface area contributed by atoms with Gasteiger partial charge in [-0.2, -0.15) is 5.10 Å². The van der Waals surface area contributed by atoms with Crippen LogP contribution in [-0.4, -0.2) is 16.1 Å². The number of rotatable bonds is 3. The number of amides is 1. The number of hydrogen-bond donors (Lipinski definition) is 3. The summed E-state index contributed by atoms with van der Waals surface area (Å²) in [5, 5.41) is 9.82. The fraction of sp³-hybridized carbons (Fsp3) is 0.0909. The molecule has 5 nitrogen and oxygen atoms in total. The molecule has 0 atom stereocenters. The van der Waals surface area contributed by atoms with Crippen LogP contribution in [0, 0.1) is 0 Å². The highest BCUT2D eigenvalue weighted by Crippen LogP contribution is 2.20. The number of H-pyrrole nitrogens is 1. The van der Waals surface area contributed by atoms with Gasteiger partial charge in [0.15, 0.2) is 0 Å². The number of anilines is 1. The number of nitrogens with one attached hydrogen (secondary N) is 2. The summed E-state index contributed by atoms with van der Waals surface area (Å²) in [5.74, 6) is 0.134. The lowest BCUT2D eigenvalue weighted by Gasteiger charge is -2.06. The van der Waals surface area contributed by atoms with E-state index in [1.807, 2.05) is 0 Å². The molecule has 0 aliphatic carbocycles. The van der Waals surface area contributed by atoms with Crippen molar-refractivity contribution in [3.8, 4) is 0 Å². The van der Waals surface area contributed by atoms with Gasteiger partial charge in [-0.3, -0.25) is 9.89 Å². The Labute approximate surface area is 113 Å². The summed E-state index contributed by atoms with van der Waals surface area (Å²) in [7, 11) is 0. The molecule has 0 radical (unpaired) electrons. The second kappa shape index (κ2) is 5.29. The fourth-order valence-corrected chi connectivity index (χ4v) is 1.90. The van der Waals surface area contributed by atoms with Crippen LogP contribution in [0.15, 0.2) is 24.4 Å². The summed E-state index contributed by atoms with van der Waals surface area (Å²) in [5.41, 5.74) is 6.68. The zero-order valence-corrected chi connectivity index (χ0v) is 10.7. The summed E-state index contributed by atoms with van der Waals surface area (Å²) in [6, 6.07) is 4.69. The number of nitrogens with two attached hydrogens (primary N) is 1. The Morgan fingerprint density at radius 1 is 1.44 bits per heavy atom. The van der Waals surface area contributed by atoms with Crippen LogP contribution in [0.5, 0.6) is 0 Å². The van der Waals surface area contributed by atoms with Gasteiger partial charge >= 0.3 is 0 Å². The molecule has 94 valence electrons. The van der Waals surface area contributed by atoms with Crippen molar-refractivity contribution >= 4 is 34.9 Å². The summed E-state index contributed by atoms with van der Waals surface area (Å²) in [4.78, 5) is 11.9. The van der Waals surface area contributed by atoms with Gasteiger partial charge in [0.2, 0.25) is 0 Å². The van der Waals surface area contributed by atoms with Gasteiger partial charge in [-0.05, 0) is 18.2 Å². The third-order valence-electron chi connectivity index (χ3n) is 2.37. The van der Waals surface area contributed by atoms with Crippen LogP contribution in [0.25, 0.3) is 0 Å². The highest BCUT2D eigenvalue weighted by atomic mass is 35.5. The molecular weight excluding hydrogens is 275 g/mol. The van der Waals surface area contributed by atoms with Gasteiger partial charge in [0.05, 0.1) is 16.8 Å². The normalized spacial score (nSPS) is 10.3. The molecule has 1 aromatic carbocycles. The van der Waals surface area contributed by atoms with E-state index >= 15 is 0 Å². The zero-order chi connectivity index (χ0) is 13.1. The van der Waals surface area contributed by atoms with Crippen LogP contribution in [0.2, 0.25) is 10.0 Å². The number of aromatic amines is 1. The molecule has 1 heterocycles. The maximum absolute atomic E-state index is 11.9. The first-order chi connectivity index (χ1) is 8.58. The van der Waals surface area contributed by atoms with Crippen molar-refractivity contribution in [2.75, 3.05) is 5.73 Å². The molecule has 0 bridgehead atoms. The molecule has 0 spiro atoms. The maximum Gasteiger partial charge on any atom is 0.253 e. The van der Waals surface area contributed by atoms with Crippen molar-refractivity contribution in [1.29, 1.82) is 0 Å². The minimum Gasteiger partial charge on any atom is -0.384 e. The van der Waals surface area contributed by atoms with E-state index in [1.54, 1.807) is 18.3 Å². The van der Waals surface area contributed by atoms with E-state index in [-0.39, 0.29) is 12.5 Å². The van der Waals surface area contributed by atoms with Gasteiger partial charge in [-0.25, -0.2) is 0 Å². The quantitative estimate of drug-likeness (QED) is 0.808. The maximum atomic E-state index is 11.9. The second-order valence-electron chi connectivity index (χ2n) is 3.62. The first-order valence-electron chi connectivity index (χ1n) is 5.09. The number of aromatic nitrogens is 2. The molecule has 0 unspecified atom stereocenters. The van der Waals surface area contributed by atoms with Crippen molar-refractivity contribution in [1.82, 2.24) is 15.5 Å². The van der Waals surface area contributed by atoms with Crippen molar-refractivity contribution in [3.63, 3.8) is 0 Å². The van der Waals surface area contributed by atoms with E-state index in [4.69, 9.17) is 28.9 Å². The lowest BCUT2D eigenvalue weighted by Crippen LogP contribution is -2.23. The average molecular weight is 285 g/mol. The molecule has 18 heavy (non-hydrogen) atoms. The van der Waals surface area contributed by atoms with Crippen molar-refractivity contribution in [3.05, 3.63) is 45.6 Å². The van der Waals surface area contributed by atoms with Gasteiger partial charge < -0.3 is 11.1 Å². The largest absolute Gasteiger partial charge is 0.384 e. The molecule has 0 saturated carbocycles. The molecule has 4 N–H and O–H groups in total. The molecule has 0 saturated heterocycles. The van der Waals surface area contributed by atoms with Crippen LogP contribution >= 0.6 is 23.2 Å². The number of carbonyl (C=O) groups excluding carboxylic acids is 1. The number of nitrogens with zero attached hydrogens (tertiary/aromatic N) is 1. The van der Waals surface area contributed by atoms with Crippen LogP contribution < -0.4 is 11.1 Å². The van der Waals surface area contributed by atoms with E-state index in [2.05, 4.69) is 15.5 Å². The predicted octanol–water partition coefficient (Wildman–Crippen LogP) is 2.23. The lowest BCUT2D eigenvalue weighted by molar-refractivity contribution is 0.0951. The van der Waals surface area contributed by atoms with E-state index in [0.717, 1.165) is 0 Å². The summed E-state index contributed by atoms with van der Waals surface area (Å²) < 4.78 is 0. The number of nitrogen functional groups attached to an aromatic ring is 1. The third-order valence-corrected chi connectivity index (χ3v) is 2.91. The van der Waals surface area contributed by atoms with Crippen LogP contribution in [0.3, 0.4) is 0 Å². The van der Waals surface area contributed by atoms with E-state index < -0.39 is 0 Å². The number of halogens is 2. The average Bonchev–Trinajstić information content (AvgIpc) is 2.72. The van der Waals surface area contributed by atoms with Gasteiger partial charge in [0, 0.05) is 17.1 Å². The van der Waals surface area contributed by atoms with Crippen LogP contribution in [0.4, 0.5) is 5.82 Å². The van der Waals surface area contributed by atoms with Gasteiger partial charge in [-0.1, -0.05) is 23.2 Å². The molecule has 0 fully saturated rings. The Kier molecular flexibility index (Phi) is 3.74. The Bertz CT molecular complexity index is 582. The highest BCUT2D eigenvalue weighted by molar-refractivity contribution is 6.36. The molecule has 1 amide bonds. The topological polar surface area (TPSA) is 83.8 Å². The number of benzene rings is 1. The monoisotopic (exact) mass is 284 g/mol. The van der Waals surface area contributed by atoms with Crippen molar-refractivity contribution in [2.24, 2.45) is 0 Å². The molecule has 2 rings (SSSR count). The van der Waals surface area contributed by atoms with E-state index in [0.29, 0.717) is 27.0 Å². The summed E-state index contributed by atoms with van der Waals surface area (Å²) in [6.45, 7) is 0.278. The molecule has 1 aromatic heterocycles. The van der Waals surface area contributed by atoms with Gasteiger partial charge in [-0.15, -0.1) is 0 Å². The van der Waals surface area contributed by atoms with Crippen LogP contribution in [-0.2, 0) is 6.54 Å². The van der Waals surface area contributed by atoms with Gasteiger partial charge in [0.25, 0.3) is 5.91 Å². The number of hydrogen-bond acceptors (Lipinski definition) is 3. The molecule has 0 aliphatic rings. The minimum absolute atomic E-state index is 0.278. The number of carbonyl (C=O) groups is 1. The molecular formula is C11H10Cl2N4O. The Morgan fingerprint density at radius 2 is 2.22 bits per heavy atom.